The number of anilines is 1. The number of hydrogen-bond acceptors (Lipinski definition) is 3. The number of hydrogen-bond donors (Lipinski definition) is 0. The summed E-state index contributed by atoms with van der Waals surface area (Å²) in [6.07, 6.45) is 0.820. The minimum atomic E-state index is -0.255. The highest BCUT2D eigenvalue weighted by Gasteiger charge is 2.46. The zero-order valence-corrected chi connectivity index (χ0v) is 16.8. The third-order valence-electron chi connectivity index (χ3n) is 5.89. The number of carbonyl (C=O) groups excluding carboxylic acids is 2. The lowest BCUT2D eigenvalue weighted by Crippen LogP contribution is -2.51. The zero-order valence-electron chi connectivity index (χ0n) is 16.8. The van der Waals surface area contributed by atoms with E-state index >= 15 is 0 Å². The highest BCUT2D eigenvalue weighted by atomic mass is 19.1. The maximum absolute atomic E-state index is 13.1. The van der Waals surface area contributed by atoms with Crippen LogP contribution in [0.4, 0.5) is 10.1 Å². The predicted molar refractivity (Wildman–Crippen MR) is 111 cm³/mol. The van der Waals surface area contributed by atoms with Gasteiger partial charge in [0.05, 0.1) is 0 Å². The van der Waals surface area contributed by atoms with E-state index in [4.69, 9.17) is 0 Å². The molecule has 29 heavy (non-hydrogen) atoms. The molecule has 0 spiro atoms. The second-order valence-electron chi connectivity index (χ2n) is 8.06. The molecule has 2 aliphatic rings. The molecule has 1 aliphatic carbocycles. The summed E-state index contributed by atoms with van der Waals surface area (Å²) in [5.74, 6) is 0.0858. The van der Waals surface area contributed by atoms with Gasteiger partial charge in [0.15, 0.2) is 0 Å². The molecule has 0 bridgehead atoms. The zero-order chi connectivity index (χ0) is 20.5. The number of nitrogens with zero attached hydrogens (tertiary/aromatic N) is 3. The molecule has 0 N–H and O–H groups in total. The first-order chi connectivity index (χ1) is 13.9. The van der Waals surface area contributed by atoms with Crippen molar-refractivity contribution >= 4 is 17.5 Å². The van der Waals surface area contributed by atoms with E-state index in [1.807, 2.05) is 53.1 Å². The highest BCUT2D eigenvalue weighted by Crippen LogP contribution is 2.48. The Morgan fingerprint density at radius 3 is 2.28 bits per heavy atom. The predicted octanol–water partition coefficient (Wildman–Crippen LogP) is 2.98. The van der Waals surface area contributed by atoms with Crippen molar-refractivity contribution in [3.05, 3.63) is 65.5 Å². The third-order valence-corrected chi connectivity index (χ3v) is 5.89. The molecule has 2 aromatic carbocycles. The molecule has 2 aromatic rings. The van der Waals surface area contributed by atoms with Crippen LogP contribution in [0.15, 0.2) is 48.5 Å². The van der Waals surface area contributed by atoms with Gasteiger partial charge in [0, 0.05) is 57.4 Å². The number of rotatable bonds is 4. The average Bonchev–Trinajstić information content (AvgIpc) is 3.54. The number of piperazine rings is 1. The van der Waals surface area contributed by atoms with Gasteiger partial charge in [0.2, 0.25) is 5.91 Å². The topological polar surface area (TPSA) is 43.9 Å². The van der Waals surface area contributed by atoms with Crippen LogP contribution in [0, 0.1) is 11.7 Å². The van der Waals surface area contributed by atoms with Gasteiger partial charge in [-0.25, -0.2) is 4.39 Å². The first-order valence-corrected chi connectivity index (χ1v) is 10.0. The van der Waals surface area contributed by atoms with Gasteiger partial charge in [-0.1, -0.05) is 18.2 Å². The van der Waals surface area contributed by atoms with Crippen molar-refractivity contribution in [3.63, 3.8) is 0 Å². The molecule has 2 atom stereocenters. The molecule has 1 heterocycles. The fourth-order valence-corrected chi connectivity index (χ4v) is 4.01. The van der Waals surface area contributed by atoms with Gasteiger partial charge in [0.25, 0.3) is 5.91 Å². The summed E-state index contributed by atoms with van der Waals surface area (Å²) >= 11 is 0. The van der Waals surface area contributed by atoms with Crippen molar-refractivity contribution in [2.45, 2.75) is 12.3 Å². The summed E-state index contributed by atoms with van der Waals surface area (Å²) in [5, 5.41) is 0. The van der Waals surface area contributed by atoms with Crippen molar-refractivity contribution in [2.24, 2.45) is 5.92 Å². The molecule has 6 heteroatoms. The van der Waals surface area contributed by atoms with Crippen LogP contribution in [0.5, 0.6) is 0 Å². The summed E-state index contributed by atoms with van der Waals surface area (Å²) < 4.78 is 13.1. The van der Waals surface area contributed by atoms with E-state index in [1.54, 1.807) is 12.1 Å². The van der Waals surface area contributed by atoms with Crippen LogP contribution in [0.2, 0.25) is 0 Å². The molecule has 0 aromatic heterocycles. The van der Waals surface area contributed by atoms with Crippen molar-refractivity contribution in [1.82, 2.24) is 9.80 Å². The van der Waals surface area contributed by atoms with E-state index in [-0.39, 0.29) is 29.5 Å². The molecule has 152 valence electrons. The van der Waals surface area contributed by atoms with Crippen LogP contribution < -0.4 is 4.90 Å². The summed E-state index contributed by atoms with van der Waals surface area (Å²) in [6, 6.07) is 14.0. The van der Waals surface area contributed by atoms with Crippen LogP contribution in [-0.2, 0) is 4.79 Å². The maximum Gasteiger partial charge on any atom is 0.254 e. The smallest absolute Gasteiger partial charge is 0.254 e. The van der Waals surface area contributed by atoms with Gasteiger partial charge >= 0.3 is 0 Å². The Morgan fingerprint density at radius 2 is 1.62 bits per heavy atom. The first-order valence-electron chi connectivity index (χ1n) is 10.0. The van der Waals surface area contributed by atoms with Crippen LogP contribution >= 0.6 is 0 Å². The van der Waals surface area contributed by atoms with E-state index in [1.165, 1.54) is 12.1 Å². The molecule has 4 rings (SSSR count). The van der Waals surface area contributed by atoms with Crippen LogP contribution in [0.1, 0.15) is 28.3 Å². The second kappa shape index (κ2) is 7.85. The maximum atomic E-state index is 13.1. The van der Waals surface area contributed by atoms with E-state index in [0.717, 1.165) is 17.7 Å². The largest absolute Gasteiger partial charge is 0.378 e. The van der Waals surface area contributed by atoms with E-state index in [2.05, 4.69) is 0 Å². The van der Waals surface area contributed by atoms with Crippen LogP contribution in [-0.4, -0.2) is 61.9 Å². The normalized spacial score (nSPS) is 21.1. The number of carbonyl (C=O) groups is 2. The molecule has 0 radical (unpaired) electrons. The van der Waals surface area contributed by atoms with Crippen molar-refractivity contribution in [1.29, 1.82) is 0 Å². The molecule has 1 aliphatic heterocycles. The summed E-state index contributed by atoms with van der Waals surface area (Å²) in [5.41, 5.74) is 2.69. The molecule has 2 amide bonds. The van der Waals surface area contributed by atoms with Gasteiger partial charge in [-0.15, -0.1) is 0 Å². The van der Waals surface area contributed by atoms with Crippen molar-refractivity contribution in [3.8, 4) is 0 Å². The molecular weight excluding hydrogens is 369 g/mol. The first kappa shape index (κ1) is 19.4. The van der Waals surface area contributed by atoms with E-state index in [0.29, 0.717) is 31.7 Å². The molecule has 1 saturated heterocycles. The van der Waals surface area contributed by atoms with E-state index < -0.39 is 0 Å². The molecular formula is C23H26FN3O2. The Hall–Kier alpha value is -2.89. The van der Waals surface area contributed by atoms with Gasteiger partial charge in [-0.05, 0) is 48.2 Å². The lowest BCUT2D eigenvalue weighted by molar-refractivity contribution is -0.134. The Balaban J connectivity index is 1.32. The average molecular weight is 395 g/mol. The number of benzene rings is 2. The fourth-order valence-electron chi connectivity index (χ4n) is 4.01. The number of amides is 2. The standard InChI is InChI=1S/C23H26FN3O2/c1-25(2)19-5-3-4-17(14-19)22(28)26-10-12-27(13-11-26)23(29)21-15-20(21)16-6-8-18(24)9-7-16/h3-9,14,20-21H,10-13,15H2,1-2H3. The van der Waals surface area contributed by atoms with Gasteiger partial charge < -0.3 is 14.7 Å². The quantitative estimate of drug-likeness (QED) is 0.800. The minimum absolute atomic E-state index is 0.0106. The molecule has 2 unspecified atom stereocenters. The Morgan fingerprint density at radius 1 is 0.966 bits per heavy atom. The van der Waals surface area contributed by atoms with Crippen molar-refractivity contribution in [2.75, 3.05) is 45.2 Å². The molecule has 5 nitrogen and oxygen atoms in total. The monoisotopic (exact) mass is 395 g/mol. The lowest BCUT2D eigenvalue weighted by atomic mass is 10.1. The van der Waals surface area contributed by atoms with E-state index in [9.17, 15) is 14.0 Å². The van der Waals surface area contributed by atoms with Crippen LogP contribution in [0.25, 0.3) is 0 Å². The number of halogens is 1. The summed E-state index contributed by atoms with van der Waals surface area (Å²) in [4.78, 5) is 31.3. The Bertz CT molecular complexity index is 905. The Labute approximate surface area is 170 Å². The fraction of sp³-hybridized carbons (Fsp3) is 0.391. The Kier molecular flexibility index (Phi) is 5.26. The summed E-state index contributed by atoms with van der Waals surface area (Å²) in [7, 11) is 3.90. The van der Waals surface area contributed by atoms with Crippen LogP contribution in [0.3, 0.4) is 0 Å². The SMILES string of the molecule is CN(C)c1cccc(C(=O)N2CCN(C(=O)C3CC3c3ccc(F)cc3)CC2)c1. The minimum Gasteiger partial charge on any atom is -0.378 e. The van der Waals surface area contributed by atoms with Gasteiger partial charge in [-0.3, -0.25) is 9.59 Å². The third kappa shape index (κ3) is 4.11. The molecule has 1 saturated carbocycles. The van der Waals surface area contributed by atoms with Gasteiger partial charge in [0.1, 0.15) is 5.82 Å². The second-order valence-corrected chi connectivity index (χ2v) is 8.06. The van der Waals surface area contributed by atoms with Crippen molar-refractivity contribution < 1.29 is 14.0 Å². The summed E-state index contributed by atoms with van der Waals surface area (Å²) in [6.45, 7) is 2.21. The highest BCUT2D eigenvalue weighted by molar-refractivity contribution is 5.95. The molecule has 2 fully saturated rings. The lowest BCUT2D eigenvalue weighted by Gasteiger charge is -2.35. The van der Waals surface area contributed by atoms with Gasteiger partial charge in [-0.2, -0.15) is 0 Å².